The molecular weight excluding hydrogens is 538 g/mol. The zero-order chi connectivity index (χ0) is 28.2. The Hall–Kier alpha value is -3.74. The van der Waals surface area contributed by atoms with Gasteiger partial charge in [-0.25, -0.2) is 9.69 Å². The summed E-state index contributed by atoms with van der Waals surface area (Å²) in [6, 6.07) is 16.3. The van der Waals surface area contributed by atoms with E-state index in [1.807, 2.05) is 62.4 Å². The number of ether oxygens (including phenoxy) is 2. The van der Waals surface area contributed by atoms with Crippen molar-refractivity contribution >= 4 is 52.9 Å². The van der Waals surface area contributed by atoms with E-state index in [4.69, 9.17) is 27.4 Å². The first-order chi connectivity index (χ1) is 18.8. The topological polar surface area (TPSA) is 140 Å². The lowest BCUT2D eigenvalue weighted by Gasteiger charge is -2.33. The van der Waals surface area contributed by atoms with Gasteiger partial charge in [-0.15, -0.1) is 5.10 Å². The summed E-state index contributed by atoms with van der Waals surface area (Å²) < 4.78 is 12.1. The Kier molecular flexibility index (Phi) is 11.5. The minimum Gasteiger partial charge on any atom is -0.474 e. The molecule has 0 saturated heterocycles. The van der Waals surface area contributed by atoms with E-state index in [-0.39, 0.29) is 43.0 Å². The molecule has 1 aromatic heterocycles. The van der Waals surface area contributed by atoms with Crippen LogP contribution in [0.25, 0.3) is 0 Å². The molecule has 0 bridgehead atoms. The van der Waals surface area contributed by atoms with Gasteiger partial charge in [-0.3, -0.25) is 14.7 Å². The molecule has 0 aliphatic carbocycles. The highest BCUT2D eigenvalue weighted by Crippen LogP contribution is 2.23. The quantitative estimate of drug-likeness (QED) is 0.179. The average Bonchev–Trinajstić information content (AvgIpc) is 3.36. The van der Waals surface area contributed by atoms with Crippen molar-refractivity contribution in [2.45, 2.75) is 52.0 Å². The van der Waals surface area contributed by atoms with Gasteiger partial charge in [0, 0.05) is 6.42 Å². The van der Waals surface area contributed by atoms with Crippen molar-refractivity contribution in [3.63, 3.8) is 0 Å². The van der Waals surface area contributed by atoms with Gasteiger partial charge in [0.2, 0.25) is 16.9 Å². The van der Waals surface area contributed by atoms with Crippen LogP contribution in [0.4, 0.5) is 9.93 Å². The van der Waals surface area contributed by atoms with Crippen LogP contribution < -0.4 is 5.73 Å². The van der Waals surface area contributed by atoms with Crippen molar-refractivity contribution < 1.29 is 23.9 Å². The van der Waals surface area contributed by atoms with Gasteiger partial charge in [0.15, 0.2) is 10.2 Å². The van der Waals surface area contributed by atoms with Crippen LogP contribution in [-0.2, 0) is 32.3 Å². The molecule has 12 heteroatoms. The number of nitrogens with zero attached hydrogens (tertiary/aromatic N) is 3. The number of rotatable bonds is 12. The number of benzene rings is 2. The Bertz CT molecular complexity index is 1310. The Balaban J connectivity index is 2.01. The second-order valence-corrected chi connectivity index (χ2v) is 10.5. The monoisotopic (exact) mass is 568 g/mol. The molecule has 1 heterocycles. The van der Waals surface area contributed by atoms with Gasteiger partial charge in [0.05, 0.1) is 6.04 Å². The van der Waals surface area contributed by atoms with Crippen LogP contribution in [0.3, 0.4) is 0 Å². The van der Waals surface area contributed by atoms with Crippen LogP contribution in [0, 0.1) is 9.87 Å². The van der Waals surface area contributed by atoms with E-state index >= 15 is 0 Å². The largest absolute Gasteiger partial charge is 0.474 e. The summed E-state index contributed by atoms with van der Waals surface area (Å²) >= 11 is 6.25. The Labute approximate surface area is 235 Å². The first-order valence-electron chi connectivity index (χ1n) is 12.2. The summed E-state index contributed by atoms with van der Waals surface area (Å²) in [7, 11) is 0. The highest BCUT2D eigenvalue weighted by molar-refractivity contribution is 7.73. The molecule has 0 aliphatic rings. The zero-order valence-electron chi connectivity index (χ0n) is 21.6. The van der Waals surface area contributed by atoms with Crippen LogP contribution in [0.1, 0.15) is 37.8 Å². The second kappa shape index (κ2) is 15.0. The lowest BCUT2D eigenvalue weighted by atomic mass is 10.0. The number of nitrogens with two attached hydrogens (primary N) is 1. The number of aliphatic imine (C=N–C) groups is 1. The second-order valence-electron chi connectivity index (χ2n) is 8.85. The number of aromatic nitrogens is 2. The van der Waals surface area contributed by atoms with Gasteiger partial charge in [0.1, 0.15) is 19.3 Å². The van der Waals surface area contributed by atoms with Gasteiger partial charge < -0.3 is 15.2 Å². The third-order valence-electron chi connectivity index (χ3n) is 5.54. The summed E-state index contributed by atoms with van der Waals surface area (Å²) in [6.07, 6.45) is 0.759. The molecule has 3 aromatic rings. The van der Waals surface area contributed by atoms with Gasteiger partial charge in [-0.2, -0.15) is 4.99 Å². The summed E-state index contributed by atoms with van der Waals surface area (Å²) in [5.41, 5.74) is 7.71. The lowest BCUT2D eigenvalue weighted by Crippen LogP contribution is -2.56. The Morgan fingerprint density at radius 3 is 2.18 bits per heavy atom. The molecule has 0 spiro atoms. The van der Waals surface area contributed by atoms with Gasteiger partial charge >= 0.3 is 6.09 Å². The zero-order valence-corrected chi connectivity index (χ0v) is 23.2. The van der Waals surface area contributed by atoms with Crippen LogP contribution in [0.15, 0.2) is 65.7 Å². The number of hydrogen-bond acceptors (Lipinski definition) is 10. The summed E-state index contributed by atoms with van der Waals surface area (Å²) in [4.78, 5) is 43.4. The maximum absolute atomic E-state index is 13.6. The van der Waals surface area contributed by atoms with Crippen LogP contribution >= 0.6 is 23.6 Å². The fourth-order valence-electron chi connectivity index (χ4n) is 3.62. The van der Waals surface area contributed by atoms with Crippen molar-refractivity contribution in [1.82, 2.24) is 15.1 Å². The molecule has 0 unspecified atom stereocenters. The molecule has 2 amide bonds. The van der Waals surface area contributed by atoms with Crippen molar-refractivity contribution in [1.29, 1.82) is 0 Å². The van der Waals surface area contributed by atoms with E-state index < -0.39 is 24.1 Å². The fourth-order valence-corrected chi connectivity index (χ4v) is 4.37. The predicted octanol–water partition coefficient (Wildman–Crippen LogP) is 4.85. The highest BCUT2D eigenvalue weighted by Gasteiger charge is 2.40. The van der Waals surface area contributed by atoms with Crippen LogP contribution in [0.2, 0.25) is 0 Å². The van der Waals surface area contributed by atoms with E-state index in [0.717, 1.165) is 27.4 Å². The SMILES string of the molecule is CC(C)[C@@H](C(=Nc1n[nH]c(=S)s1)OCc1ccccc1)N(C(=O)OCc1ccccc1)C(=O)[C@@H](N)CC[C]=O. The fraction of sp³-hybridized carbons (Fsp3) is 0.333. The lowest BCUT2D eigenvalue weighted by molar-refractivity contribution is -0.133. The van der Waals surface area contributed by atoms with E-state index in [1.54, 1.807) is 18.4 Å². The standard InChI is InChI=1S/C27H30N5O5S2/c1-18(2)22(23(29-25-30-31-26(38)39-25)36-16-19-10-5-3-6-11-19)32(24(34)21(28)14-9-15-33)27(35)37-17-20-12-7-4-8-13-20/h3-8,10-13,18,21-22H,9,14,16-17,28H2,1-2H3,(H,31,38)/t21-,22-/m0/s1. The summed E-state index contributed by atoms with van der Waals surface area (Å²) in [5.74, 6) is -1.04. The first kappa shape index (κ1) is 29.8. The predicted molar refractivity (Wildman–Crippen MR) is 151 cm³/mol. The van der Waals surface area contributed by atoms with Gasteiger partial charge in [-0.05, 0) is 35.7 Å². The molecular formula is C27H30N5O5S2. The molecule has 3 rings (SSSR count). The Morgan fingerprint density at radius 1 is 1.08 bits per heavy atom. The number of carbonyl (C=O) groups excluding carboxylic acids is 3. The number of H-pyrrole nitrogens is 1. The van der Waals surface area contributed by atoms with Crippen LogP contribution in [0.5, 0.6) is 0 Å². The molecule has 3 N–H and O–H groups in total. The van der Waals surface area contributed by atoms with Gasteiger partial charge in [-0.1, -0.05) is 85.8 Å². The van der Waals surface area contributed by atoms with Gasteiger partial charge in [0.25, 0.3) is 0 Å². The molecule has 1 radical (unpaired) electrons. The molecule has 0 fully saturated rings. The van der Waals surface area contributed by atoms with E-state index in [0.29, 0.717) is 3.95 Å². The first-order valence-corrected chi connectivity index (χ1v) is 13.5. The molecule has 205 valence electrons. The maximum Gasteiger partial charge on any atom is 0.417 e. The van der Waals surface area contributed by atoms with Crippen LogP contribution in [-0.4, -0.2) is 51.4 Å². The molecule has 2 aromatic carbocycles. The molecule has 0 aliphatic heterocycles. The third kappa shape index (κ3) is 8.91. The smallest absolute Gasteiger partial charge is 0.417 e. The van der Waals surface area contributed by atoms with Crippen molar-refractivity contribution in [2.24, 2.45) is 16.6 Å². The van der Waals surface area contributed by atoms with Crippen molar-refractivity contribution in [2.75, 3.05) is 0 Å². The molecule has 10 nitrogen and oxygen atoms in total. The normalized spacial score (nSPS) is 13.0. The highest BCUT2D eigenvalue weighted by atomic mass is 32.1. The number of imide groups is 1. The number of carbonyl (C=O) groups is 2. The third-order valence-corrected chi connectivity index (χ3v) is 6.52. The molecule has 2 atom stereocenters. The molecule has 0 saturated carbocycles. The minimum atomic E-state index is -1.15. The summed E-state index contributed by atoms with van der Waals surface area (Å²) in [6.45, 7) is 3.68. The number of hydrogen-bond donors (Lipinski definition) is 2. The van der Waals surface area contributed by atoms with Crippen molar-refractivity contribution in [3.05, 3.63) is 75.7 Å². The number of amides is 2. The van der Waals surface area contributed by atoms with E-state index in [1.165, 1.54) is 0 Å². The van der Waals surface area contributed by atoms with Crippen molar-refractivity contribution in [3.8, 4) is 0 Å². The minimum absolute atomic E-state index is 0.00765. The van der Waals surface area contributed by atoms with E-state index in [9.17, 15) is 14.4 Å². The maximum atomic E-state index is 13.6. The number of aromatic amines is 1. The Morgan fingerprint density at radius 2 is 1.67 bits per heavy atom. The molecule has 39 heavy (non-hydrogen) atoms. The van der Waals surface area contributed by atoms with E-state index in [2.05, 4.69) is 15.2 Å². The number of nitrogens with one attached hydrogen (secondary N) is 1. The summed E-state index contributed by atoms with van der Waals surface area (Å²) in [5, 5.41) is 7.01. The average molecular weight is 569 g/mol.